The highest BCUT2D eigenvalue weighted by Gasteiger charge is 2.20. The van der Waals surface area contributed by atoms with Crippen molar-refractivity contribution in [1.29, 1.82) is 0 Å². The molecule has 1 aromatic carbocycles. The van der Waals surface area contributed by atoms with E-state index < -0.39 is 0 Å². The number of aryl methyl sites for hydroxylation is 1. The standard InChI is InChI=1S/C23H27N5/c1-17-5-7-19(8-6-17)22-21(18-9-12-24-13-10-18)16-26-23(27-22)25-14-11-20-4-3-15-28(20)2/h5-10,12-13,16,20H,3-4,11,14-15H2,1-2H3,(H,25,26,27). The summed E-state index contributed by atoms with van der Waals surface area (Å²) in [5.41, 5.74) is 5.37. The van der Waals surface area contributed by atoms with Crippen molar-refractivity contribution < 1.29 is 0 Å². The average Bonchev–Trinajstić information content (AvgIpc) is 3.14. The van der Waals surface area contributed by atoms with Gasteiger partial charge in [0.05, 0.1) is 5.69 Å². The minimum atomic E-state index is 0.667. The molecule has 0 aliphatic carbocycles. The van der Waals surface area contributed by atoms with Crippen LogP contribution < -0.4 is 5.32 Å². The molecule has 0 radical (unpaired) electrons. The first-order valence-electron chi connectivity index (χ1n) is 9.99. The van der Waals surface area contributed by atoms with E-state index in [4.69, 9.17) is 4.98 Å². The molecule has 3 aromatic rings. The molecule has 1 N–H and O–H groups in total. The van der Waals surface area contributed by atoms with Gasteiger partial charge in [0.2, 0.25) is 5.95 Å². The SMILES string of the molecule is Cc1ccc(-c2nc(NCCC3CCCN3C)ncc2-c2ccncc2)cc1. The van der Waals surface area contributed by atoms with E-state index in [9.17, 15) is 0 Å². The maximum Gasteiger partial charge on any atom is 0.223 e. The molecule has 1 fully saturated rings. The second-order valence-corrected chi connectivity index (χ2v) is 7.55. The van der Waals surface area contributed by atoms with Crippen LogP contribution in [0.2, 0.25) is 0 Å². The van der Waals surface area contributed by atoms with E-state index in [1.54, 1.807) is 12.4 Å². The number of nitrogens with one attached hydrogen (secondary N) is 1. The molecule has 1 unspecified atom stereocenters. The van der Waals surface area contributed by atoms with Crippen LogP contribution in [0, 0.1) is 6.92 Å². The number of anilines is 1. The van der Waals surface area contributed by atoms with E-state index >= 15 is 0 Å². The molecule has 0 amide bonds. The lowest BCUT2D eigenvalue weighted by Crippen LogP contribution is -2.27. The number of nitrogens with zero attached hydrogens (tertiary/aromatic N) is 4. The zero-order chi connectivity index (χ0) is 19.3. The van der Waals surface area contributed by atoms with Crippen LogP contribution in [-0.2, 0) is 0 Å². The Morgan fingerprint density at radius 3 is 2.57 bits per heavy atom. The first-order chi connectivity index (χ1) is 13.7. The fourth-order valence-corrected chi connectivity index (χ4v) is 3.84. The van der Waals surface area contributed by atoms with Gasteiger partial charge in [-0.05, 0) is 57.5 Å². The van der Waals surface area contributed by atoms with E-state index in [0.29, 0.717) is 12.0 Å². The third-order valence-electron chi connectivity index (χ3n) is 5.54. The van der Waals surface area contributed by atoms with Crippen LogP contribution in [-0.4, -0.2) is 46.0 Å². The lowest BCUT2D eigenvalue weighted by atomic mass is 10.0. The summed E-state index contributed by atoms with van der Waals surface area (Å²) in [5, 5.41) is 3.43. The lowest BCUT2D eigenvalue weighted by molar-refractivity contribution is 0.301. The molecule has 3 heterocycles. The van der Waals surface area contributed by atoms with E-state index in [-0.39, 0.29) is 0 Å². The van der Waals surface area contributed by atoms with Crippen LogP contribution in [0.3, 0.4) is 0 Å². The maximum atomic E-state index is 4.88. The van der Waals surface area contributed by atoms with Crippen molar-refractivity contribution in [2.24, 2.45) is 0 Å². The third kappa shape index (κ3) is 4.20. The van der Waals surface area contributed by atoms with Crippen LogP contribution in [0.5, 0.6) is 0 Å². The smallest absolute Gasteiger partial charge is 0.223 e. The van der Waals surface area contributed by atoms with Crippen molar-refractivity contribution >= 4 is 5.95 Å². The highest BCUT2D eigenvalue weighted by Crippen LogP contribution is 2.30. The molecule has 1 aliphatic heterocycles. The molecule has 144 valence electrons. The largest absolute Gasteiger partial charge is 0.354 e. The van der Waals surface area contributed by atoms with Crippen LogP contribution in [0.4, 0.5) is 5.95 Å². The molecule has 1 saturated heterocycles. The highest BCUT2D eigenvalue weighted by molar-refractivity contribution is 5.80. The summed E-state index contributed by atoms with van der Waals surface area (Å²) in [6, 6.07) is 13.2. The molecular weight excluding hydrogens is 346 g/mol. The van der Waals surface area contributed by atoms with Crippen molar-refractivity contribution in [3.8, 4) is 22.4 Å². The number of pyridine rings is 1. The first kappa shape index (κ1) is 18.6. The predicted molar refractivity (Wildman–Crippen MR) is 114 cm³/mol. The Morgan fingerprint density at radius 2 is 1.86 bits per heavy atom. The summed E-state index contributed by atoms with van der Waals surface area (Å²) < 4.78 is 0. The van der Waals surface area contributed by atoms with Gasteiger partial charge in [0.15, 0.2) is 0 Å². The second-order valence-electron chi connectivity index (χ2n) is 7.55. The lowest BCUT2D eigenvalue weighted by Gasteiger charge is -2.19. The molecule has 1 aliphatic rings. The molecule has 5 nitrogen and oxygen atoms in total. The Morgan fingerprint density at radius 1 is 1.07 bits per heavy atom. The van der Waals surface area contributed by atoms with Gasteiger partial charge in [0.1, 0.15) is 0 Å². The van der Waals surface area contributed by atoms with Gasteiger partial charge in [0, 0.05) is 42.3 Å². The fraction of sp³-hybridized carbons (Fsp3) is 0.348. The Bertz CT molecular complexity index is 908. The quantitative estimate of drug-likeness (QED) is 0.694. The predicted octanol–water partition coefficient (Wildman–Crippen LogP) is 4.41. The van der Waals surface area contributed by atoms with Gasteiger partial charge < -0.3 is 10.2 Å². The number of aromatic nitrogens is 3. The van der Waals surface area contributed by atoms with Crippen molar-refractivity contribution in [1.82, 2.24) is 19.9 Å². The van der Waals surface area contributed by atoms with Gasteiger partial charge in [0.25, 0.3) is 0 Å². The highest BCUT2D eigenvalue weighted by atomic mass is 15.2. The van der Waals surface area contributed by atoms with E-state index in [2.05, 4.69) is 58.4 Å². The van der Waals surface area contributed by atoms with E-state index in [0.717, 1.165) is 35.3 Å². The molecule has 28 heavy (non-hydrogen) atoms. The zero-order valence-corrected chi connectivity index (χ0v) is 16.6. The zero-order valence-electron chi connectivity index (χ0n) is 16.6. The Hall–Kier alpha value is -2.79. The summed E-state index contributed by atoms with van der Waals surface area (Å²) >= 11 is 0. The monoisotopic (exact) mass is 373 g/mol. The molecule has 1 atom stereocenters. The van der Waals surface area contributed by atoms with Gasteiger partial charge in [-0.1, -0.05) is 29.8 Å². The van der Waals surface area contributed by atoms with Crippen molar-refractivity contribution in [2.45, 2.75) is 32.2 Å². The molecule has 5 heteroatoms. The number of hydrogen-bond donors (Lipinski definition) is 1. The molecular formula is C23H27N5. The van der Waals surface area contributed by atoms with Crippen molar-refractivity contribution in [2.75, 3.05) is 25.5 Å². The number of hydrogen-bond acceptors (Lipinski definition) is 5. The van der Waals surface area contributed by atoms with Gasteiger partial charge in [-0.2, -0.15) is 0 Å². The van der Waals surface area contributed by atoms with Gasteiger partial charge in [-0.15, -0.1) is 0 Å². The van der Waals surface area contributed by atoms with Crippen LogP contribution in [0.15, 0.2) is 55.0 Å². The van der Waals surface area contributed by atoms with Gasteiger partial charge in [-0.3, -0.25) is 4.98 Å². The summed E-state index contributed by atoms with van der Waals surface area (Å²) in [7, 11) is 2.22. The summed E-state index contributed by atoms with van der Waals surface area (Å²) in [6.45, 7) is 4.19. The molecule has 4 rings (SSSR count). The minimum absolute atomic E-state index is 0.667. The number of likely N-dealkylation sites (tertiary alicyclic amines) is 1. The van der Waals surface area contributed by atoms with Crippen LogP contribution >= 0.6 is 0 Å². The Balaban J connectivity index is 1.59. The summed E-state index contributed by atoms with van der Waals surface area (Å²) in [6.07, 6.45) is 9.23. The Kier molecular flexibility index (Phi) is 5.63. The summed E-state index contributed by atoms with van der Waals surface area (Å²) in [5.74, 6) is 0.689. The Labute approximate surface area is 166 Å². The van der Waals surface area contributed by atoms with Crippen molar-refractivity contribution in [3.63, 3.8) is 0 Å². The molecule has 0 spiro atoms. The minimum Gasteiger partial charge on any atom is -0.354 e. The number of benzene rings is 1. The first-order valence-corrected chi connectivity index (χ1v) is 9.99. The topological polar surface area (TPSA) is 53.9 Å². The normalized spacial score (nSPS) is 17.0. The van der Waals surface area contributed by atoms with Crippen LogP contribution in [0.1, 0.15) is 24.8 Å². The molecule has 0 saturated carbocycles. The number of rotatable bonds is 6. The maximum absolute atomic E-state index is 4.88. The van der Waals surface area contributed by atoms with E-state index in [1.165, 1.54) is 24.9 Å². The second kappa shape index (κ2) is 8.48. The average molecular weight is 374 g/mol. The third-order valence-corrected chi connectivity index (χ3v) is 5.54. The van der Waals surface area contributed by atoms with E-state index in [1.807, 2.05) is 18.3 Å². The van der Waals surface area contributed by atoms with Crippen LogP contribution in [0.25, 0.3) is 22.4 Å². The molecule has 0 bridgehead atoms. The summed E-state index contributed by atoms with van der Waals surface area (Å²) in [4.78, 5) is 16.0. The fourth-order valence-electron chi connectivity index (χ4n) is 3.84. The van der Waals surface area contributed by atoms with Gasteiger partial charge >= 0.3 is 0 Å². The molecule has 2 aromatic heterocycles. The van der Waals surface area contributed by atoms with Crippen molar-refractivity contribution in [3.05, 3.63) is 60.6 Å². The van der Waals surface area contributed by atoms with Gasteiger partial charge in [-0.25, -0.2) is 9.97 Å².